The van der Waals surface area contributed by atoms with Crippen molar-refractivity contribution in [3.8, 4) is 0 Å². The summed E-state index contributed by atoms with van der Waals surface area (Å²) >= 11 is 0. The molecule has 0 spiro atoms. The van der Waals surface area contributed by atoms with Gasteiger partial charge in [-0.3, -0.25) is 9.78 Å². The summed E-state index contributed by atoms with van der Waals surface area (Å²) in [6, 6.07) is 6.10. The Labute approximate surface area is 108 Å². The van der Waals surface area contributed by atoms with E-state index in [2.05, 4.69) is 15.6 Å². The van der Waals surface area contributed by atoms with Crippen LogP contribution in [-0.2, 0) is 11.2 Å². The van der Waals surface area contributed by atoms with Crippen molar-refractivity contribution < 1.29 is 4.79 Å². The molecule has 0 radical (unpaired) electrons. The van der Waals surface area contributed by atoms with E-state index in [1.54, 1.807) is 6.20 Å². The molecular formula is C14H21N3O. The fraction of sp³-hybridized carbons (Fsp3) is 0.571. The number of nitrogens with one attached hydrogen (secondary N) is 2. The summed E-state index contributed by atoms with van der Waals surface area (Å²) in [7, 11) is 0. The van der Waals surface area contributed by atoms with Crippen LogP contribution in [-0.4, -0.2) is 30.0 Å². The Morgan fingerprint density at radius 1 is 1.44 bits per heavy atom. The lowest BCUT2D eigenvalue weighted by Crippen LogP contribution is -2.40. The molecule has 98 valence electrons. The zero-order valence-electron chi connectivity index (χ0n) is 10.7. The summed E-state index contributed by atoms with van der Waals surface area (Å²) in [6.07, 6.45) is 6.49. The van der Waals surface area contributed by atoms with Gasteiger partial charge in [-0.05, 0) is 37.9 Å². The Balaban J connectivity index is 1.71. The average molecular weight is 247 g/mol. The molecule has 4 heteroatoms. The van der Waals surface area contributed by atoms with Crippen molar-refractivity contribution in [3.63, 3.8) is 0 Å². The monoisotopic (exact) mass is 247 g/mol. The van der Waals surface area contributed by atoms with Crippen LogP contribution in [0.15, 0.2) is 24.4 Å². The largest absolute Gasteiger partial charge is 0.352 e. The minimum absolute atomic E-state index is 0.134. The molecule has 18 heavy (non-hydrogen) atoms. The van der Waals surface area contributed by atoms with E-state index >= 15 is 0 Å². The fourth-order valence-electron chi connectivity index (χ4n) is 2.23. The van der Waals surface area contributed by atoms with E-state index in [1.807, 2.05) is 18.2 Å². The van der Waals surface area contributed by atoms with Gasteiger partial charge in [-0.1, -0.05) is 12.5 Å². The molecule has 0 aromatic carbocycles. The number of amides is 1. The molecule has 1 saturated heterocycles. The molecule has 0 aliphatic carbocycles. The lowest BCUT2D eigenvalue weighted by molar-refractivity contribution is -0.121. The molecule has 1 aliphatic rings. The van der Waals surface area contributed by atoms with Crippen LogP contribution in [0.3, 0.4) is 0 Å². The normalized spacial score (nSPS) is 20.1. The highest BCUT2D eigenvalue weighted by Crippen LogP contribution is 2.05. The minimum Gasteiger partial charge on any atom is -0.352 e. The van der Waals surface area contributed by atoms with Gasteiger partial charge in [0.1, 0.15) is 0 Å². The third-order valence-corrected chi connectivity index (χ3v) is 3.25. The van der Waals surface area contributed by atoms with Crippen LogP contribution in [0.4, 0.5) is 0 Å². The van der Waals surface area contributed by atoms with Crippen LogP contribution in [0.25, 0.3) is 0 Å². The predicted octanol–water partition coefficient (Wildman–Crippen LogP) is 1.27. The number of rotatable bonds is 4. The minimum atomic E-state index is 0.134. The van der Waals surface area contributed by atoms with Crippen molar-refractivity contribution in [1.29, 1.82) is 0 Å². The van der Waals surface area contributed by atoms with Gasteiger partial charge >= 0.3 is 0 Å². The van der Waals surface area contributed by atoms with Gasteiger partial charge < -0.3 is 10.6 Å². The van der Waals surface area contributed by atoms with Crippen LogP contribution in [0, 0.1) is 0 Å². The fourth-order valence-corrected chi connectivity index (χ4v) is 2.23. The Hall–Kier alpha value is -1.42. The van der Waals surface area contributed by atoms with Gasteiger partial charge in [-0.25, -0.2) is 0 Å². The summed E-state index contributed by atoms with van der Waals surface area (Å²) in [6.45, 7) is 1.97. The molecule has 1 aromatic rings. The molecule has 2 N–H and O–H groups in total. The first-order chi connectivity index (χ1) is 8.84. The van der Waals surface area contributed by atoms with Crippen LogP contribution in [0.5, 0.6) is 0 Å². The first-order valence-electron chi connectivity index (χ1n) is 6.74. The molecule has 1 amide bonds. The van der Waals surface area contributed by atoms with Gasteiger partial charge in [0.25, 0.3) is 0 Å². The Kier molecular flexibility index (Phi) is 5.15. The Morgan fingerprint density at radius 3 is 3.22 bits per heavy atom. The Morgan fingerprint density at radius 2 is 2.39 bits per heavy atom. The van der Waals surface area contributed by atoms with Gasteiger partial charge in [-0.15, -0.1) is 0 Å². The van der Waals surface area contributed by atoms with E-state index in [0.717, 1.165) is 25.2 Å². The molecule has 1 fully saturated rings. The van der Waals surface area contributed by atoms with E-state index in [1.165, 1.54) is 12.8 Å². The number of hydrogen-bond acceptors (Lipinski definition) is 3. The van der Waals surface area contributed by atoms with E-state index in [9.17, 15) is 4.79 Å². The predicted molar refractivity (Wildman–Crippen MR) is 71.2 cm³/mol. The molecule has 2 heterocycles. The SMILES string of the molecule is O=C(CCc1ccccn1)NC1CCCCNC1. The second kappa shape index (κ2) is 7.11. The van der Waals surface area contributed by atoms with Gasteiger partial charge in [0.2, 0.25) is 5.91 Å². The highest BCUT2D eigenvalue weighted by atomic mass is 16.1. The maximum absolute atomic E-state index is 11.8. The first-order valence-corrected chi connectivity index (χ1v) is 6.74. The van der Waals surface area contributed by atoms with Crippen LogP contribution >= 0.6 is 0 Å². The zero-order valence-corrected chi connectivity index (χ0v) is 10.7. The maximum Gasteiger partial charge on any atom is 0.220 e. The van der Waals surface area contributed by atoms with Crippen molar-refractivity contribution >= 4 is 5.91 Å². The molecule has 1 aromatic heterocycles. The zero-order chi connectivity index (χ0) is 12.6. The van der Waals surface area contributed by atoms with Gasteiger partial charge in [-0.2, -0.15) is 0 Å². The molecule has 0 saturated carbocycles. The standard InChI is InChI=1S/C14H21N3O/c18-14(8-7-12-5-2-4-10-16-12)17-13-6-1-3-9-15-11-13/h2,4-5,10,13,15H,1,3,6-9,11H2,(H,17,18). The van der Waals surface area contributed by atoms with Gasteiger partial charge in [0.15, 0.2) is 0 Å². The summed E-state index contributed by atoms with van der Waals surface area (Å²) < 4.78 is 0. The topological polar surface area (TPSA) is 54.0 Å². The molecule has 2 rings (SSSR count). The highest BCUT2D eigenvalue weighted by molar-refractivity contribution is 5.76. The number of nitrogens with zero attached hydrogens (tertiary/aromatic N) is 1. The third-order valence-electron chi connectivity index (χ3n) is 3.25. The van der Waals surface area contributed by atoms with E-state index in [4.69, 9.17) is 0 Å². The van der Waals surface area contributed by atoms with Crippen molar-refractivity contribution in [2.45, 2.75) is 38.1 Å². The van der Waals surface area contributed by atoms with Crippen molar-refractivity contribution in [1.82, 2.24) is 15.6 Å². The number of pyridine rings is 1. The summed E-state index contributed by atoms with van der Waals surface area (Å²) in [5.74, 6) is 0.134. The van der Waals surface area contributed by atoms with Crippen molar-refractivity contribution in [2.75, 3.05) is 13.1 Å². The highest BCUT2D eigenvalue weighted by Gasteiger charge is 2.14. The van der Waals surface area contributed by atoms with Gasteiger partial charge in [0.05, 0.1) is 0 Å². The van der Waals surface area contributed by atoms with E-state index in [-0.39, 0.29) is 5.91 Å². The quantitative estimate of drug-likeness (QED) is 0.842. The second-order valence-corrected chi connectivity index (χ2v) is 4.79. The lowest BCUT2D eigenvalue weighted by Gasteiger charge is -2.16. The lowest BCUT2D eigenvalue weighted by atomic mass is 10.1. The average Bonchev–Trinajstić information content (AvgIpc) is 2.66. The van der Waals surface area contributed by atoms with Crippen LogP contribution in [0.2, 0.25) is 0 Å². The van der Waals surface area contributed by atoms with Crippen molar-refractivity contribution in [2.24, 2.45) is 0 Å². The molecule has 4 nitrogen and oxygen atoms in total. The van der Waals surface area contributed by atoms with Gasteiger partial charge in [0, 0.05) is 30.9 Å². The molecule has 0 bridgehead atoms. The maximum atomic E-state index is 11.8. The second-order valence-electron chi connectivity index (χ2n) is 4.79. The molecular weight excluding hydrogens is 226 g/mol. The third kappa shape index (κ3) is 4.45. The first kappa shape index (κ1) is 13.0. The Bertz CT molecular complexity index is 359. The van der Waals surface area contributed by atoms with Crippen molar-refractivity contribution in [3.05, 3.63) is 30.1 Å². The van der Waals surface area contributed by atoms with Crippen LogP contribution in [0.1, 0.15) is 31.4 Å². The number of aromatic nitrogens is 1. The summed E-state index contributed by atoms with van der Waals surface area (Å²) in [4.78, 5) is 16.1. The summed E-state index contributed by atoms with van der Waals surface area (Å²) in [5.41, 5.74) is 0.978. The number of aryl methyl sites for hydroxylation is 1. The van der Waals surface area contributed by atoms with E-state index in [0.29, 0.717) is 18.9 Å². The summed E-state index contributed by atoms with van der Waals surface area (Å²) in [5, 5.41) is 6.45. The molecule has 1 aliphatic heterocycles. The molecule has 1 atom stereocenters. The number of carbonyl (C=O) groups excluding carboxylic acids is 1. The number of carbonyl (C=O) groups is 1. The van der Waals surface area contributed by atoms with E-state index < -0.39 is 0 Å². The van der Waals surface area contributed by atoms with Crippen LogP contribution < -0.4 is 10.6 Å². The smallest absolute Gasteiger partial charge is 0.220 e. The molecule has 1 unspecified atom stereocenters. The number of hydrogen-bond donors (Lipinski definition) is 2.